The van der Waals surface area contributed by atoms with Crippen molar-refractivity contribution >= 4 is 22.8 Å². The highest BCUT2D eigenvalue weighted by molar-refractivity contribution is 5.96. The molecular formula is C19H15N5O3. The third kappa shape index (κ3) is 2.73. The minimum atomic E-state index is -0.452. The molecule has 0 amide bonds. The first-order valence-electron chi connectivity index (χ1n) is 8.13. The number of aryl methyl sites for hydroxylation is 1. The third-order valence-electron chi connectivity index (χ3n) is 4.33. The van der Waals surface area contributed by atoms with Gasteiger partial charge in [-0.25, -0.2) is 0 Å². The predicted octanol–water partition coefficient (Wildman–Crippen LogP) is 2.07. The topological polar surface area (TPSA) is 116 Å². The lowest BCUT2D eigenvalue weighted by molar-refractivity contribution is 0.481. The van der Waals surface area contributed by atoms with Crippen LogP contribution in [0.4, 0.5) is 5.69 Å². The number of aromatic amines is 2. The van der Waals surface area contributed by atoms with Crippen LogP contribution in [0, 0.1) is 0 Å². The molecule has 8 nitrogen and oxygen atoms in total. The smallest absolute Gasteiger partial charge is 0.273 e. The minimum absolute atomic E-state index is 0.00202. The van der Waals surface area contributed by atoms with Gasteiger partial charge in [0, 0.05) is 24.8 Å². The zero-order valence-corrected chi connectivity index (χ0v) is 14.3. The van der Waals surface area contributed by atoms with Gasteiger partial charge in [-0.1, -0.05) is 12.1 Å². The number of para-hydroxylation sites is 1. The molecule has 1 aromatic carbocycles. The maximum atomic E-state index is 12.9. The van der Waals surface area contributed by atoms with Gasteiger partial charge in [0.15, 0.2) is 0 Å². The fraction of sp³-hybridized carbons (Fsp3) is 0.0526. The summed E-state index contributed by atoms with van der Waals surface area (Å²) in [5.41, 5.74) is 0.580. The van der Waals surface area contributed by atoms with Gasteiger partial charge in [0.2, 0.25) is 0 Å². The lowest BCUT2D eigenvalue weighted by Crippen LogP contribution is -2.20. The molecule has 0 aliphatic carbocycles. The van der Waals surface area contributed by atoms with Gasteiger partial charge in [-0.15, -0.1) is 0 Å². The SMILES string of the molecule is Cn1c(=O)c(-c2[nH][nH]c(=O)c2C=Nc2cccnc2)c(O)c2ccccc21. The summed E-state index contributed by atoms with van der Waals surface area (Å²) in [4.78, 5) is 33.3. The minimum Gasteiger partial charge on any atom is -0.506 e. The van der Waals surface area contributed by atoms with Crippen molar-refractivity contribution in [2.75, 3.05) is 0 Å². The summed E-state index contributed by atoms with van der Waals surface area (Å²) in [7, 11) is 1.61. The number of H-pyrrole nitrogens is 2. The number of pyridine rings is 2. The highest BCUT2D eigenvalue weighted by Gasteiger charge is 2.21. The maximum absolute atomic E-state index is 12.9. The van der Waals surface area contributed by atoms with Crippen LogP contribution in [-0.4, -0.2) is 31.1 Å². The predicted molar refractivity (Wildman–Crippen MR) is 103 cm³/mol. The van der Waals surface area contributed by atoms with Crippen LogP contribution >= 0.6 is 0 Å². The molecule has 0 aliphatic heterocycles. The number of aromatic hydroxyl groups is 1. The summed E-state index contributed by atoms with van der Waals surface area (Å²) >= 11 is 0. The highest BCUT2D eigenvalue weighted by Crippen LogP contribution is 2.32. The van der Waals surface area contributed by atoms with Gasteiger partial charge < -0.3 is 9.67 Å². The molecule has 8 heteroatoms. The summed E-state index contributed by atoms with van der Waals surface area (Å²) < 4.78 is 1.43. The van der Waals surface area contributed by atoms with E-state index in [4.69, 9.17) is 0 Å². The van der Waals surface area contributed by atoms with Gasteiger partial charge in [-0.2, -0.15) is 0 Å². The van der Waals surface area contributed by atoms with E-state index >= 15 is 0 Å². The van der Waals surface area contributed by atoms with Crippen LogP contribution in [0.5, 0.6) is 5.75 Å². The molecule has 3 heterocycles. The van der Waals surface area contributed by atoms with Gasteiger partial charge in [-0.3, -0.25) is 29.8 Å². The lowest BCUT2D eigenvalue weighted by Gasteiger charge is -2.11. The average molecular weight is 361 g/mol. The molecule has 0 spiro atoms. The molecule has 0 saturated heterocycles. The van der Waals surface area contributed by atoms with E-state index in [0.717, 1.165) is 0 Å². The average Bonchev–Trinajstić information content (AvgIpc) is 3.06. The molecule has 4 rings (SSSR count). The van der Waals surface area contributed by atoms with Crippen LogP contribution in [0.15, 0.2) is 63.4 Å². The first kappa shape index (κ1) is 16.5. The molecule has 27 heavy (non-hydrogen) atoms. The van der Waals surface area contributed by atoms with E-state index in [0.29, 0.717) is 16.6 Å². The second kappa shape index (κ2) is 6.41. The normalized spacial score (nSPS) is 11.4. The molecule has 0 bridgehead atoms. The Balaban J connectivity index is 1.95. The Morgan fingerprint density at radius 2 is 1.96 bits per heavy atom. The zero-order valence-electron chi connectivity index (χ0n) is 14.3. The largest absolute Gasteiger partial charge is 0.506 e. The lowest BCUT2D eigenvalue weighted by atomic mass is 10.1. The standard InChI is InChI=1S/C19H15N5O3/c1-24-14-7-3-2-6-12(14)17(25)15(19(24)27)16-13(18(26)23-22-16)10-21-11-5-4-8-20-9-11/h2-10,25H,1H3,(H2,22,23,26). The molecule has 0 aliphatic rings. The van der Waals surface area contributed by atoms with Crippen LogP contribution in [0.2, 0.25) is 0 Å². The Kier molecular flexibility index (Phi) is 3.92. The van der Waals surface area contributed by atoms with Crippen LogP contribution in [-0.2, 0) is 7.05 Å². The Bertz CT molecular complexity index is 1280. The molecule has 0 atom stereocenters. The van der Waals surface area contributed by atoms with Crippen molar-refractivity contribution < 1.29 is 5.11 Å². The Morgan fingerprint density at radius 3 is 2.74 bits per heavy atom. The van der Waals surface area contributed by atoms with Crippen molar-refractivity contribution in [2.24, 2.45) is 12.0 Å². The van der Waals surface area contributed by atoms with Crippen molar-refractivity contribution in [1.82, 2.24) is 19.7 Å². The van der Waals surface area contributed by atoms with E-state index < -0.39 is 11.1 Å². The second-order valence-corrected chi connectivity index (χ2v) is 5.94. The molecule has 0 unspecified atom stereocenters. The van der Waals surface area contributed by atoms with Gasteiger partial charge in [0.05, 0.1) is 28.7 Å². The molecule has 134 valence electrons. The number of fused-ring (bicyclic) bond motifs is 1. The summed E-state index contributed by atoms with van der Waals surface area (Å²) in [6, 6.07) is 10.5. The zero-order chi connectivity index (χ0) is 19.0. The summed E-state index contributed by atoms with van der Waals surface area (Å²) in [5, 5.41) is 16.4. The van der Waals surface area contributed by atoms with Gasteiger partial charge in [-0.05, 0) is 24.3 Å². The Labute approximate surface area is 152 Å². The van der Waals surface area contributed by atoms with Crippen molar-refractivity contribution in [3.63, 3.8) is 0 Å². The monoisotopic (exact) mass is 361 g/mol. The number of nitrogens with one attached hydrogen (secondary N) is 2. The summed E-state index contributed by atoms with van der Waals surface area (Å²) in [5.74, 6) is -0.194. The van der Waals surface area contributed by atoms with E-state index in [9.17, 15) is 14.7 Å². The van der Waals surface area contributed by atoms with E-state index in [2.05, 4.69) is 20.2 Å². The molecular weight excluding hydrogens is 346 g/mol. The summed E-state index contributed by atoms with van der Waals surface area (Å²) in [6.45, 7) is 0. The maximum Gasteiger partial charge on any atom is 0.273 e. The molecule has 3 N–H and O–H groups in total. The number of rotatable bonds is 3. The van der Waals surface area contributed by atoms with E-state index in [-0.39, 0.29) is 22.6 Å². The fourth-order valence-electron chi connectivity index (χ4n) is 2.96. The number of benzene rings is 1. The third-order valence-corrected chi connectivity index (χ3v) is 4.33. The molecule has 4 aromatic rings. The van der Waals surface area contributed by atoms with Gasteiger partial charge in [0.25, 0.3) is 11.1 Å². The van der Waals surface area contributed by atoms with Crippen LogP contribution in [0.1, 0.15) is 5.56 Å². The second-order valence-electron chi connectivity index (χ2n) is 5.94. The van der Waals surface area contributed by atoms with Gasteiger partial charge in [0.1, 0.15) is 11.3 Å². The Morgan fingerprint density at radius 1 is 1.15 bits per heavy atom. The van der Waals surface area contributed by atoms with E-state index in [1.165, 1.54) is 10.8 Å². The van der Waals surface area contributed by atoms with E-state index in [1.54, 1.807) is 55.8 Å². The van der Waals surface area contributed by atoms with Crippen LogP contribution in [0.25, 0.3) is 22.2 Å². The van der Waals surface area contributed by atoms with Crippen molar-refractivity contribution in [2.45, 2.75) is 0 Å². The van der Waals surface area contributed by atoms with Crippen molar-refractivity contribution in [1.29, 1.82) is 0 Å². The molecule has 0 fully saturated rings. The van der Waals surface area contributed by atoms with Gasteiger partial charge >= 0.3 is 0 Å². The molecule has 0 saturated carbocycles. The quantitative estimate of drug-likeness (QED) is 0.484. The first-order valence-corrected chi connectivity index (χ1v) is 8.13. The number of hydrogen-bond donors (Lipinski definition) is 3. The highest BCUT2D eigenvalue weighted by atomic mass is 16.3. The van der Waals surface area contributed by atoms with Crippen molar-refractivity contribution in [3.05, 3.63) is 75.1 Å². The molecule has 3 aromatic heterocycles. The number of hydrogen-bond acceptors (Lipinski definition) is 5. The number of nitrogens with zero attached hydrogens (tertiary/aromatic N) is 3. The number of aromatic nitrogens is 4. The first-order chi connectivity index (χ1) is 13.1. The van der Waals surface area contributed by atoms with E-state index in [1.807, 2.05) is 0 Å². The fourth-order valence-corrected chi connectivity index (χ4v) is 2.96. The Hall–Kier alpha value is -3.94. The molecule has 0 radical (unpaired) electrons. The van der Waals surface area contributed by atoms with Crippen LogP contribution in [0.3, 0.4) is 0 Å². The van der Waals surface area contributed by atoms with Crippen LogP contribution < -0.4 is 11.1 Å². The van der Waals surface area contributed by atoms with Crippen molar-refractivity contribution in [3.8, 4) is 17.0 Å². The summed E-state index contributed by atoms with van der Waals surface area (Å²) in [6.07, 6.45) is 4.50. The number of aliphatic imine (C=N–C) groups is 1.